The summed E-state index contributed by atoms with van der Waals surface area (Å²) < 4.78 is 25.7. The minimum Gasteiger partial charge on any atom is -0.493 e. The second kappa shape index (κ2) is 6.49. The van der Waals surface area contributed by atoms with Crippen molar-refractivity contribution in [2.24, 2.45) is 7.05 Å². The molecule has 3 atom stereocenters. The van der Waals surface area contributed by atoms with Gasteiger partial charge in [0.05, 0.1) is 26.9 Å². The van der Waals surface area contributed by atoms with Gasteiger partial charge in [0.15, 0.2) is 27.9 Å². The second-order valence-electron chi connectivity index (χ2n) is 6.26. The second-order valence-corrected chi connectivity index (χ2v) is 6.62. The number of hydrogen-bond donors (Lipinski definition) is 0. The van der Waals surface area contributed by atoms with Crippen LogP contribution in [0.1, 0.15) is 12.5 Å². The monoisotopic (exact) mass is 377 g/mol. The number of ketones is 1. The van der Waals surface area contributed by atoms with E-state index in [1.54, 1.807) is 18.9 Å². The number of benzene rings is 1. The van der Waals surface area contributed by atoms with Crippen LogP contribution in [0.2, 0.25) is 0 Å². The van der Waals surface area contributed by atoms with Gasteiger partial charge in [-0.15, -0.1) is 0 Å². The number of rotatable bonds is 4. The molecule has 1 aromatic carbocycles. The Balaban J connectivity index is 1.75. The summed E-state index contributed by atoms with van der Waals surface area (Å²) in [4.78, 5) is 12.1. The third kappa shape index (κ3) is 2.63. The molecule has 138 valence electrons. The maximum absolute atomic E-state index is 12.1. The lowest BCUT2D eigenvalue weighted by atomic mass is 10.0. The molecule has 0 amide bonds. The highest BCUT2D eigenvalue weighted by Crippen LogP contribution is 2.35. The van der Waals surface area contributed by atoms with E-state index in [1.807, 2.05) is 29.8 Å². The van der Waals surface area contributed by atoms with E-state index < -0.39 is 6.29 Å². The van der Waals surface area contributed by atoms with Gasteiger partial charge >= 0.3 is 0 Å². The molecule has 2 aromatic rings. The van der Waals surface area contributed by atoms with Crippen molar-refractivity contribution in [2.75, 3.05) is 20.8 Å². The van der Waals surface area contributed by atoms with Gasteiger partial charge < -0.3 is 23.5 Å². The number of methoxy groups -OCH3 is 2. The molecule has 2 bridgehead atoms. The van der Waals surface area contributed by atoms with E-state index in [1.165, 1.54) is 0 Å². The van der Waals surface area contributed by atoms with E-state index in [9.17, 15) is 4.79 Å². The van der Waals surface area contributed by atoms with Crippen LogP contribution in [0.4, 0.5) is 0 Å². The Bertz CT molecular complexity index is 922. The van der Waals surface area contributed by atoms with Crippen LogP contribution in [0.5, 0.6) is 11.5 Å². The number of carbonyl (C=O) groups excluding carboxylic acids is 1. The van der Waals surface area contributed by atoms with E-state index in [0.717, 1.165) is 5.56 Å². The van der Waals surface area contributed by atoms with E-state index in [2.05, 4.69) is 5.10 Å². The molecule has 0 unspecified atom stereocenters. The molecule has 2 aliphatic rings. The topological polar surface area (TPSA) is 76.7 Å². The third-order valence-electron chi connectivity index (χ3n) is 4.77. The third-order valence-corrected chi connectivity index (χ3v) is 5.23. The highest BCUT2D eigenvalue weighted by atomic mass is 32.1. The van der Waals surface area contributed by atoms with Gasteiger partial charge in [-0.25, -0.2) is 4.68 Å². The summed E-state index contributed by atoms with van der Waals surface area (Å²) in [6.07, 6.45) is -0.663. The van der Waals surface area contributed by atoms with Crippen molar-refractivity contribution >= 4 is 18.0 Å². The number of fused-ring (bicyclic) bond motifs is 2. The Hall–Kier alpha value is -2.23. The maximum Gasteiger partial charge on any atom is 0.218 e. The molecule has 9 heteroatoms. The van der Waals surface area contributed by atoms with Crippen molar-refractivity contribution in [3.05, 3.63) is 23.0 Å². The van der Waals surface area contributed by atoms with Gasteiger partial charge in [-0.05, 0) is 30.4 Å². The first-order valence-corrected chi connectivity index (χ1v) is 8.62. The van der Waals surface area contributed by atoms with Gasteiger partial charge in [-0.3, -0.25) is 4.79 Å². The van der Waals surface area contributed by atoms with Crippen LogP contribution in [0.25, 0.3) is 11.4 Å². The van der Waals surface area contributed by atoms with E-state index in [0.29, 0.717) is 35.1 Å². The average Bonchev–Trinajstić information content (AvgIpc) is 3.21. The molecule has 0 radical (unpaired) electrons. The van der Waals surface area contributed by atoms with E-state index in [-0.39, 0.29) is 17.9 Å². The van der Waals surface area contributed by atoms with Crippen LogP contribution in [-0.2, 0) is 21.3 Å². The van der Waals surface area contributed by atoms with Crippen molar-refractivity contribution in [3.8, 4) is 22.9 Å². The van der Waals surface area contributed by atoms with Crippen LogP contribution in [0.15, 0.2) is 18.2 Å². The molecule has 1 aromatic heterocycles. The van der Waals surface area contributed by atoms with Crippen LogP contribution >= 0.6 is 12.2 Å². The minimum atomic E-state index is -0.737. The number of hydrogen-bond acceptors (Lipinski definition) is 7. The largest absolute Gasteiger partial charge is 0.493 e. The molecule has 2 aliphatic heterocycles. The molecular formula is C17H19N3O5S. The van der Waals surface area contributed by atoms with Gasteiger partial charge in [-0.1, -0.05) is 0 Å². The van der Waals surface area contributed by atoms with Crippen LogP contribution in [0.3, 0.4) is 0 Å². The first-order chi connectivity index (χ1) is 12.5. The molecule has 8 nitrogen and oxygen atoms in total. The zero-order valence-electron chi connectivity index (χ0n) is 14.7. The maximum atomic E-state index is 12.1. The van der Waals surface area contributed by atoms with Gasteiger partial charge in [0.2, 0.25) is 6.29 Å². The van der Waals surface area contributed by atoms with Gasteiger partial charge in [0, 0.05) is 19.0 Å². The zero-order valence-corrected chi connectivity index (χ0v) is 15.5. The Kier molecular flexibility index (Phi) is 4.29. The average molecular weight is 377 g/mol. The molecular weight excluding hydrogens is 358 g/mol. The predicted octanol–water partition coefficient (Wildman–Crippen LogP) is 1.89. The van der Waals surface area contributed by atoms with Crippen molar-refractivity contribution < 1.29 is 23.7 Å². The number of aromatic nitrogens is 3. The van der Waals surface area contributed by atoms with Crippen molar-refractivity contribution in [2.45, 2.75) is 24.9 Å². The summed E-state index contributed by atoms with van der Waals surface area (Å²) >= 11 is 5.56. The summed E-state index contributed by atoms with van der Waals surface area (Å²) in [6.45, 7) is 0.366. The van der Waals surface area contributed by atoms with Crippen LogP contribution in [-0.4, -0.2) is 53.4 Å². The van der Waals surface area contributed by atoms with Crippen LogP contribution < -0.4 is 9.47 Å². The summed E-state index contributed by atoms with van der Waals surface area (Å²) in [5, 5.41) is 4.68. The fourth-order valence-corrected chi connectivity index (χ4v) is 3.63. The molecule has 0 N–H and O–H groups in total. The minimum absolute atomic E-state index is 0.0797. The number of nitrogens with zero attached hydrogens (tertiary/aromatic N) is 3. The lowest BCUT2D eigenvalue weighted by molar-refractivity contribution is -0.156. The number of Topliss-reactive ketones (excluding diaryl/α,β-unsaturated/α-hetero) is 1. The van der Waals surface area contributed by atoms with Gasteiger partial charge in [0.1, 0.15) is 6.10 Å². The first kappa shape index (κ1) is 17.2. The van der Waals surface area contributed by atoms with Gasteiger partial charge in [-0.2, -0.15) is 5.10 Å². The first-order valence-electron chi connectivity index (χ1n) is 8.21. The fraction of sp³-hybridized carbons (Fsp3) is 0.471. The summed E-state index contributed by atoms with van der Waals surface area (Å²) in [5.41, 5.74) is 0.832. The highest BCUT2D eigenvalue weighted by Gasteiger charge is 2.45. The van der Waals surface area contributed by atoms with E-state index >= 15 is 0 Å². The number of carbonyl (C=O) groups is 1. The Morgan fingerprint density at radius 3 is 2.77 bits per heavy atom. The van der Waals surface area contributed by atoms with Gasteiger partial charge in [0.25, 0.3) is 0 Å². The van der Waals surface area contributed by atoms with Crippen LogP contribution in [0, 0.1) is 4.77 Å². The quantitative estimate of drug-likeness (QED) is 0.753. The standard InChI is InChI=1S/C17H19N3O5S/c1-19-15(9-4-5-12(22-2)13(6-9)23-3)18-20(17(19)26)10-7-11(21)16-24-8-14(10)25-16/h4-6,10,14,16H,7-8H2,1-3H3/t10-,14+,16-/m0/s1. The van der Waals surface area contributed by atoms with Crippen molar-refractivity contribution in [3.63, 3.8) is 0 Å². The molecule has 2 fully saturated rings. The molecule has 0 saturated carbocycles. The predicted molar refractivity (Wildman–Crippen MR) is 93.8 cm³/mol. The molecule has 4 rings (SSSR count). The van der Waals surface area contributed by atoms with Crippen molar-refractivity contribution in [1.29, 1.82) is 0 Å². The lowest BCUT2D eigenvalue weighted by Crippen LogP contribution is -2.37. The molecule has 3 heterocycles. The molecule has 0 aliphatic carbocycles. The Morgan fingerprint density at radius 1 is 1.27 bits per heavy atom. The van der Waals surface area contributed by atoms with E-state index in [4.69, 9.17) is 31.2 Å². The summed E-state index contributed by atoms with van der Waals surface area (Å²) in [7, 11) is 5.02. The van der Waals surface area contributed by atoms with Crippen molar-refractivity contribution in [1.82, 2.24) is 14.3 Å². The summed E-state index contributed by atoms with van der Waals surface area (Å²) in [5.74, 6) is 1.83. The highest BCUT2D eigenvalue weighted by molar-refractivity contribution is 7.71. The zero-order chi connectivity index (χ0) is 18.4. The SMILES string of the molecule is COc1ccc(-c2nn([C@H]3CC(=O)[C@H]4OC[C@H]3O4)c(=S)n2C)cc1OC. The number of ether oxygens (including phenoxy) is 4. The Labute approximate surface area is 155 Å². The molecule has 26 heavy (non-hydrogen) atoms. The summed E-state index contributed by atoms with van der Waals surface area (Å²) in [6, 6.07) is 5.28. The normalized spacial score (nSPS) is 24.7. The molecule has 0 spiro atoms. The molecule has 2 saturated heterocycles. The fourth-order valence-electron chi connectivity index (χ4n) is 3.37. The smallest absolute Gasteiger partial charge is 0.218 e. The lowest BCUT2D eigenvalue weighted by Gasteiger charge is -2.26. The Morgan fingerprint density at radius 2 is 2.04 bits per heavy atom.